The highest BCUT2D eigenvalue weighted by Gasteiger charge is 2.16. The molecule has 0 fully saturated rings. The molecule has 3 heterocycles. The number of hydrazine groups is 1. The topological polar surface area (TPSA) is 183 Å². The molecule has 0 radical (unpaired) electrons. The molecule has 15 nitrogen and oxygen atoms in total. The predicted molar refractivity (Wildman–Crippen MR) is 192 cm³/mol. The monoisotopic (exact) mass is 688 g/mol. The van der Waals surface area contributed by atoms with E-state index >= 15 is 0 Å². The van der Waals surface area contributed by atoms with E-state index in [0.29, 0.717) is 39.9 Å². The van der Waals surface area contributed by atoms with E-state index in [4.69, 9.17) is 25.8 Å². The molecule has 6 aromatic rings. The molecule has 15 heteroatoms. The number of ether oxygens (including phenoxy) is 3. The van der Waals surface area contributed by atoms with Gasteiger partial charge < -0.3 is 25.0 Å². The van der Waals surface area contributed by atoms with Crippen LogP contribution in [0, 0.1) is 0 Å². The highest BCUT2D eigenvalue weighted by molar-refractivity contribution is 5.64. The first-order chi connectivity index (χ1) is 24.5. The van der Waals surface area contributed by atoms with E-state index in [9.17, 15) is 0 Å². The van der Waals surface area contributed by atoms with E-state index in [1.165, 1.54) is 5.01 Å². The summed E-state index contributed by atoms with van der Waals surface area (Å²) in [6.07, 6.45) is 5.43. The molecule has 0 aliphatic rings. The minimum absolute atomic E-state index is 0.0553. The van der Waals surface area contributed by atoms with Gasteiger partial charge in [-0.15, -0.1) is 25.1 Å². The summed E-state index contributed by atoms with van der Waals surface area (Å²) in [7, 11) is 0. The number of aromatic nitrogens is 9. The summed E-state index contributed by atoms with van der Waals surface area (Å²) >= 11 is 0. The summed E-state index contributed by atoms with van der Waals surface area (Å²) in [5.74, 6) is 7.40. The predicted octanol–water partition coefficient (Wildman–Crippen LogP) is 6.77. The van der Waals surface area contributed by atoms with Crippen molar-refractivity contribution in [1.82, 2.24) is 49.9 Å². The third kappa shape index (κ3) is 8.63. The van der Waals surface area contributed by atoms with Crippen molar-refractivity contribution in [3.8, 4) is 57.8 Å². The first kappa shape index (κ1) is 34.5. The number of hydrogen-bond donors (Lipinski definition) is 2. The molecule has 51 heavy (non-hydrogen) atoms. The standard InChI is InChI=1S/C36H40N12O3/c1-22(2)46(38)19-31(37)25-10-7-13-28(16-25)49-34-39-35(50-29-14-8-11-26(17-29)32-20-47(23(3)4)44-42-32)41-36(40-34)51-30-15-9-12-27(18-30)33-21-48(24(5)6)45-43-33/h7-24H,37-38H2,1-6H3/b31-19-. The van der Waals surface area contributed by atoms with Gasteiger partial charge in [-0.1, -0.05) is 46.8 Å². The molecule has 0 aliphatic heterocycles. The van der Waals surface area contributed by atoms with Gasteiger partial charge in [0.2, 0.25) is 0 Å². The van der Waals surface area contributed by atoms with Crippen LogP contribution in [0.2, 0.25) is 0 Å². The molecule has 0 saturated heterocycles. The van der Waals surface area contributed by atoms with Crippen molar-refractivity contribution in [1.29, 1.82) is 0 Å². The third-order valence-electron chi connectivity index (χ3n) is 7.59. The number of benzene rings is 3. The van der Waals surface area contributed by atoms with Crippen LogP contribution in [0.15, 0.2) is 91.4 Å². The highest BCUT2D eigenvalue weighted by atomic mass is 16.5. The van der Waals surface area contributed by atoms with Crippen molar-refractivity contribution in [3.63, 3.8) is 0 Å². The Hall–Kier alpha value is -6.35. The Bertz CT molecular complexity index is 2030. The lowest BCUT2D eigenvalue weighted by Gasteiger charge is -2.19. The lowest BCUT2D eigenvalue weighted by atomic mass is 10.1. The van der Waals surface area contributed by atoms with Gasteiger partial charge in [-0.05, 0) is 77.9 Å². The summed E-state index contributed by atoms with van der Waals surface area (Å²) < 4.78 is 22.0. The molecule has 3 aromatic heterocycles. The van der Waals surface area contributed by atoms with Crippen LogP contribution in [0.25, 0.3) is 28.2 Å². The molecule has 0 saturated carbocycles. The molecule has 0 bridgehead atoms. The van der Waals surface area contributed by atoms with Gasteiger partial charge in [0.05, 0.1) is 18.1 Å². The largest absolute Gasteiger partial charge is 0.424 e. The zero-order chi connectivity index (χ0) is 36.1. The average Bonchev–Trinajstić information content (AvgIpc) is 3.80. The zero-order valence-corrected chi connectivity index (χ0v) is 29.2. The fourth-order valence-electron chi connectivity index (χ4n) is 4.66. The second kappa shape index (κ2) is 15.0. The van der Waals surface area contributed by atoms with Crippen molar-refractivity contribution in [2.45, 2.75) is 59.7 Å². The molecule has 0 unspecified atom stereocenters. The quantitative estimate of drug-likeness (QED) is 0.0958. The number of rotatable bonds is 13. The Morgan fingerprint density at radius 3 is 1.49 bits per heavy atom. The summed E-state index contributed by atoms with van der Waals surface area (Å²) in [4.78, 5) is 13.4. The van der Waals surface area contributed by atoms with Crippen LogP contribution in [0.4, 0.5) is 0 Å². The fraction of sp³-hybridized carbons (Fsp3) is 0.250. The van der Waals surface area contributed by atoms with E-state index < -0.39 is 0 Å². The van der Waals surface area contributed by atoms with Crippen molar-refractivity contribution in [2.75, 3.05) is 0 Å². The third-order valence-corrected chi connectivity index (χ3v) is 7.59. The SMILES string of the molecule is CC(C)N(N)/C=C(\N)c1cccc(Oc2nc(Oc3cccc(-c4cn(C(C)C)nn4)c3)nc(Oc3cccc(-c4cn(C(C)C)nn4)c3)n2)c1. The zero-order valence-electron chi connectivity index (χ0n) is 29.2. The van der Waals surface area contributed by atoms with Crippen molar-refractivity contribution in [2.24, 2.45) is 11.6 Å². The Balaban J connectivity index is 1.31. The molecular weight excluding hydrogens is 648 g/mol. The summed E-state index contributed by atoms with van der Waals surface area (Å²) in [6.45, 7) is 12.1. The molecule has 3 aromatic carbocycles. The maximum absolute atomic E-state index is 6.34. The number of hydrogen-bond acceptors (Lipinski definition) is 13. The Kier molecular flexibility index (Phi) is 10.2. The van der Waals surface area contributed by atoms with Crippen LogP contribution in [0.5, 0.6) is 35.3 Å². The van der Waals surface area contributed by atoms with Gasteiger partial charge in [-0.2, -0.15) is 0 Å². The first-order valence-corrected chi connectivity index (χ1v) is 16.5. The summed E-state index contributed by atoms with van der Waals surface area (Å²) in [6, 6.07) is 22.1. The van der Waals surface area contributed by atoms with Gasteiger partial charge in [-0.25, -0.2) is 15.2 Å². The fourth-order valence-corrected chi connectivity index (χ4v) is 4.66. The number of nitrogens with two attached hydrogens (primary N) is 2. The number of nitrogens with zero attached hydrogens (tertiary/aromatic N) is 10. The van der Waals surface area contributed by atoms with Crippen molar-refractivity contribution >= 4 is 5.70 Å². The minimum Gasteiger partial charge on any atom is -0.424 e. The van der Waals surface area contributed by atoms with Crippen molar-refractivity contribution in [3.05, 3.63) is 97.0 Å². The highest BCUT2D eigenvalue weighted by Crippen LogP contribution is 2.31. The summed E-state index contributed by atoms with van der Waals surface area (Å²) in [5, 5.41) is 18.6. The minimum atomic E-state index is -0.0654. The first-order valence-electron chi connectivity index (χ1n) is 16.5. The lowest BCUT2D eigenvalue weighted by Crippen LogP contribution is -2.32. The van der Waals surface area contributed by atoms with Crippen LogP contribution < -0.4 is 25.8 Å². The molecular formula is C36H40N12O3. The molecule has 262 valence electrons. The normalized spacial score (nSPS) is 11.8. The smallest absolute Gasteiger partial charge is 0.331 e. The van der Waals surface area contributed by atoms with Gasteiger partial charge in [-0.3, -0.25) is 0 Å². The Morgan fingerprint density at radius 1 is 0.647 bits per heavy atom. The molecule has 6 rings (SSSR count). The van der Waals surface area contributed by atoms with Gasteiger partial charge in [0.1, 0.15) is 28.6 Å². The van der Waals surface area contributed by atoms with Gasteiger partial charge in [0.25, 0.3) is 0 Å². The molecule has 0 spiro atoms. The van der Waals surface area contributed by atoms with Gasteiger partial charge in [0.15, 0.2) is 0 Å². The second-order valence-electron chi connectivity index (χ2n) is 12.6. The molecule has 0 atom stereocenters. The Labute approximate surface area is 295 Å². The van der Waals surface area contributed by atoms with Crippen LogP contribution in [0.1, 0.15) is 59.2 Å². The van der Waals surface area contributed by atoms with Gasteiger partial charge in [0, 0.05) is 41.0 Å². The lowest BCUT2D eigenvalue weighted by molar-refractivity contribution is 0.324. The maximum atomic E-state index is 6.34. The summed E-state index contributed by atoms with van der Waals surface area (Å²) in [5.41, 5.74) is 10.5. The molecule has 0 amide bonds. The molecule has 0 aliphatic carbocycles. The maximum Gasteiger partial charge on any atom is 0.331 e. The van der Waals surface area contributed by atoms with Crippen LogP contribution in [-0.2, 0) is 0 Å². The van der Waals surface area contributed by atoms with E-state index in [0.717, 1.165) is 11.1 Å². The van der Waals surface area contributed by atoms with Crippen LogP contribution in [-0.4, -0.2) is 56.0 Å². The average molecular weight is 689 g/mol. The van der Waals surface area contributed by atoms with E-state index in [2.05, 4.69) is 35.6 Å². The van der Waals surface area contributed by atoms with Crippen LogP contribution in [0.3, 0.4) is 0 Å². The van der Waals surface area contributed by atoms with E-state index in [-0.39, 0.29) is 36.2 Å². The second-order valence-corrected chi connectivity index (χ2v) is 12.6. The van der Waals surface area contributed by atoms with Crippen LogP contribution >= 0.6 is 0 Å². The molecule has 4 N–H and O–H groups in total. The van der Waals surface area contributed by atoms with E-state index in [1.54, 1.807) is 45.9 Å². The van der Waals surface area contributed by atoms with Gasteiger partial charge >= 0.3 is 18.0 Å². The van der Waals surface area contributed by atoms with Crippen molar-refractivity contribution < 1.29 is 14.2 Å². The Morgan fingerprint density at radius 2 is 1.08 bits per heavy atom. The van der Waals surface area contributed by atoms with E-state index in [1.807, 2.05) is 96.4 Å².